The number of aliphatic carboxylic acids is 2. The van der Waals surface area contributed by atoms with Gasteiger partial charge in [-0.3, -0.25) is 19.4 Å². The smallest absolute Gasteiger partial charge is 0.326 e. The van der Waals surface area contributed by atoms with Crippen LogP contribution in [0, 0.1) is 0 Å². The lowest BCUT2D eigenvalue weighted by Crippen LogP contribution is -2.57. The third kappa shape index (κ3) is 4.72. The highest BCUT2D eigenvalue weighted by atomic mass is 16.4. The van der Waals surface area contributed by atoms with Crippen LogP contribution >= 0.6 is 0 Å². The number of carbonyl (C=O) groups excluding carboxylic acids is 1. The predicted molar refractivity (Wildman–Crippen MR) is 123 cm³/mol. The third-order valence-electron chi connectivity index (χ3n) is 5.95. The fraction of sp³-hybridized carbons (Fsp3) is 0.381. The minimum Gasteiger partial charge on any atom is -0.481 e. The van der Waals surface area contributed by atoms with Crippen LogP contribution in [0.25, 0.3) is 0 Å². The van der Waals surface area contributed by atoms with Crippen molar-refractivity contribution in [1.82, 2.24) is 15.3 Å². The molecule has 0 spiro atoms. The molecular weight excluding hydrogens is 446 g/mol. The largest absolute Gasteiger partial charge is 0.481 e. The molecule has 0 aliphatic carbocycles. The molecule has 2 aromatic rings. The number of hydrogen-bond donors (Lipinski definition) is 6. The van der Waals surface area contributed by atoms with Crippen LogP contribution in [0.5, 0.6) is 0 Å². The third-order valence-corrected chi connectivity index (χ3v) is 5.95. The number of aromatic nitrogens is 2. The van der Waals surface area contributed by atoms with Gasteiger partial charge in [0.25, 0.3) is 11.5 Å². The molecule has 13 nitrogen and oxygen atoms in total. The van der Waals surface area contributed by atoms with E-state index in [0.29, 0.717) is 24.7 Å². The van der Waals surface area contributed by atoms with Crippen LogP contribution in [-0.2, 0) is 9.59 Å². The van der Waals surface area contributed by atoms with Crippen molar-refractivity contribution in [3.05, 3.63) is 40.2 Å². The summed E-state index contributed by atoms with van der Waals surface area (Å²) in [6.45, 7) is 1.82. The van der Waals surface area contributed by atoms with Crippen LogP contribution in [0.3, 0.4) is 0 Å². The van der Waals surface area contributed by atoms with Gasteiger partial charge in [-0.05, 0) is 37.1 Å². The number of benzene rings is 1. The molecule has 1 amide bonds. The number of nitrogens with one attached hydrogen (secondary N) is 3. The number of rotatable bonds is 7. The fourth-order valence-electron chi connectivity index (χ4n) is 4.19. The van der Waals surface area contributed by atoms with E-state index in [2.05, 4.69) is 25.5 Å². The number of H-pyrrole nitrogens is 1. The average molecular weight is 471 g/mol. The van der Waals surface area contributed by atoms with Crippen LogP contribution in [0.1, 0.15) is 29.6 Å². The quantitative estimate of drug-likeness (QED) is 0.315. The Morgan fingerprint density at radius 3 is 2.65 bits per heavy atom. The zero-order valence-corrected chi connectivity index (χ0v) is 18.2. The number of nitrogens with two attached hydrogens (primary N) is 1. The molecule has 1 unspecified atom stereocenters. The summed E-state index contributed by atoms with van der Waals surface area (Å²) in [5, 5.41) is 23.5. The van der Waals surface area contributed by atoms with Crippen molar-refractivity contribution in [2.45, 2.75) is 31.3 Å². The van der Waals surface area contributed by atoms with Crippen LogP contribution in [-0.4, -0.2) is 69.9 Å². The highest BCUT2D eigenvalue weighted by Crippen LogP contribution is 2.32. The van der Waals surface area contributed by atoms with E-state index in [0.717, 1.165) is 18.7 Å². The lowest BCUT2D eigenvalue weighted by Gasteiger charge is -2.46. The number of nitrogens with zero attached hydrogens (tertiary/aromatic N) is 3. The standard InChI is InChI=1S/C21H25N7O6/c22-21-25-17-16(19(32)26-21)28-10-27(8-7-13(28)9-23-17)12-3-1-11(2-4-12)18(31)24-14(20(33)34)5-6-15(29)30/h1-4,13-14H,5-10H2,(H,24,31)(H,29,30)(H,33,34)(H4,22,23,25,26,32)/t13?,14-/m0/s1. The minimum absolute atomic E-state index is 0.0468. The number of hydrogen-bond acceptors (Lipinski definition) is 9. The van der Waals surface area contributed by atoms with E-state index >= 15 is 0 Å². The highest BCUT2D eigenvalue weighted by Gasteiger charge is 2.34. The molecule has 2 atom stereocenters. The number of nitrogen functional groups attached to an aromatic ring is 1. The van der Waals surface area contributed by atoms with E-state index in [4.69, 9.17) is 10.8 Å². The second-order valence-electron chi connectivity index (χ2n) is 8.19. The Kier molecular flexibility index (Phi) is 6.25. The van der Waals surface area contributed by atoms with E-state index in [1.807, 2.05) is 4.90 Å². The van der Waals surface area contributed by atoms with E-state index in [1.165, 1.54) is 0 Å². The Bertz CT molecular complexity index is 1170. The van der Waals surface area contributed by atoms with Crippen molar-refractivity contribution in [2.24, 2.45) is 0 Å². The molecule has 1 aromatic heterocycles. The molecule has 34 heavy (non-hydrogen) atoms. The molecule has 13 heteroatoms. The van der Waals surface area contributed by atoms with Gasteiger partial charge in [0.1, 0.15) is 11.7 Å². The van der Waals surface area contributed by atoms with Gasteiger partial charge in [-0.25, -0.2) is 4.79 Å². The van der Waals surface area contributed by atoms with Crippen molar-refractivity contribution >= 4 is 41.0 Å². The Hall–Kier alpha value is -4.29. The van der Waals surface area contributed by atoms with Gasteiger partial charge in [0, 0.05) is 30.8 Å². The van der Waals surface area contributed by atoms with E-state index < -0.39 is 23.9 Å². The van der Waals surface area contributed by atoms with Crippen molar-refractivity contribution in [3.8, 4) is 0 Å². The Morgan fingerprint density at radius 1 is 1.24 bits per heavy atom. The molecule has 0 bridgehead atoms. The van der Waals surface area contributed by atoms with E-state index in [-0.39, 0.29) is 36.0 Å². The molecule has 1 saturated heterocycles. The zero-order valence-electron chi connectivity index (χ0n) is 18.2. The summed E-state index contributed by atoms with van der Waals surface area (Å²) < 4.78 is 0. The Morgan fingerprint density at radius 2 is 1.97 bits per heavy atom. The zero-order chi connectivity index (χ0) is 24.4. The summed E-state index contributed by atoms with van der Waals surface area (Å²) in [5.41, 5.74) is 6.86. The molecule has 3 heterocycles. The number of aromatic amines is 1. The van der Waals surface area contributed by atoms with Crippen molar-refractivity contribution in [3.63, 3.8) is 0 Å². The molecule has 0 saturated carbocycles. The van der Waals surface area contributed by atoms with Gasteiger partial charge < -0.3 is 36.4 Å². The molecule has 1 fully saturated rings. The number of fused-ring (bicyclic) bond motifs is 3. The van der Waals surface area contributed by atoms with Crippen molar-refractivity contribution in [1.29, 1.82) is 0 Å². The van der Waals surface area contributed by atoms with Gasteiger partial charge in [-0.15, -0.1) is 0 Å². The average Bonchev–Trinajstić information content (AvgIpc) is 2.80. The van der Waals surface area contributed by atoms with E-state index in [1.54, 1.807) is 24.3 Å². The minimum atomic E-state index is -1.30. The molecule has 0 radical (unpaired) electrons. The molecule has 2 aliphatic rings. The Labute approximate surface area is 193 Å². The summed E-state index contributed by atoms with van der Waals surface area (Å²) in [5.74, 6) is -2.54. The molecule has 2 aliphatic heterocycles. The number of carbonyl (C=O) groups is 3. The molecule has 4 rings (SSSR count). The molecule has 1 aromatic carbocycles. The second-order valence-corrected chi connectivity index (χ2v) is 8.19. The highest BCUT2D eigenvalue weighted by molar-refractivity contribution is 5.97. The van der Waals surface area contributed by atoms with E-state index in [9.17, 15) is 24.3 Å². The Balaban J connectivity index is 1.46. The predicted octanol–water partition coefficient (Wildman–Crippen LogP) is -0.132. The maximum absolute atomic E-state index is 12.5. The first-order chi connectivity index (χ1) is 16.2. The maximum atomic E-state index is 12.5. The topological polar surface area (TPSA) is 194 Å². The first kappa shape index (κ1) is 22.9. The number of anilines is 4. The summed E-state index contributed by atoms with van der Waals surface area (Å²) in [7, 11) is 0. The number of amides is 1. The summed E-state index contributed by atoms with van der Waals surface area (Å²) in [6, 6.07) is 5.48. The van der Waals surface area contributed by atoms with Gasteiger partial charge in [-0.2, -0.15) is 4.98 Å². The van der Waals surface area contributed by atoms with Crippen molar-refractivity contribution in [2.75, 3.05) is 40.6 Å². The fourth-order valence-corrected chi connectivity index (χ4v) is 4.19. The first-order valence-corrected chi connectivity index (χ1v) is 10.7. The lowest BCUT2D eigenvalue weighted by atomic mass is 10.1. The normalized spacial score (nSPS) is 17.7. The first-order valence-electron chi connectivity index (χ1n) is 10.7. The van der Waals surface area contributed by atoms with Crippen LogP contribution in [0.15, 0.2) is 29.1 Å². The van der Waals surface area contributed by atoms with Gasteiger partial charge in [0.2, 0.25) is 5.95 Å². The number of carboxylic acids is 2. The lowest BCUT2D eigenvalue weighted by molar-refractivity contribution is -0.140. The SMILES string of the molecule is Nc1nc2c(c(=O)[nH]1)N1CN(c3ccc(C(=O)N[C@@H](CCC(=O)O)C(=O)O)cc3)CCC1CN2. The van der Waals surface area contributed by atoms with Crippen LogP contribution in [0.4, 0.5) is 23.1 Å². The van der Waals surface area contributed by atoms with Gasteiger partial charge >= 0.3 is 11.9 Å². The maximum Gasteiger partial charge on any atom is 0.326 e. The molecular formula is C21H25N7O6. The monoisotopic (exact) mass is 471 g/mol. The van der Waals surface area contributed by atoms with Crippen LogP contribution in [0.2, 0.25) is 0 Å². The summed E-state index contributed by atoms with van der Waals surface area (Å²) in [6.07, 6.45) is 0.212. The van der Waals surface area contributed by atoms with Gasteiger partial charge in [-0.1, -0.05) is 0 Å². The molecule has 180 valence electrons. The summed E-state index contributed by atoms with van der Waals surface area (Å²) in [4.78, 5) is 57.8. The molecule has 7 N–H and O–H groups in total. The van der Waals surface area contributed by atoms with Crippen molar-refractivity contribution < 1.29 is 24.6 Å². The van der Waals surface area contributed by atoms with Crippen LogP contribution < -0.4 is 31.7 Å². The second kappa shape index (κ2) is 9.29. The van der Waals surface area contributed by atoms with Gasteiger partial charge in [0.05, 0.1) is 12.7 Å². The van der Waals surface area contributed by atoms with Gasteiger partial charge in [0.15, 0.2) is 5.82 Å². The summed E-state index contributed by atoms with van der Waals surface area (Å²) >= 11 is 0. The number of carboxylic acid groups (broad SMARTS) is 2.